The molecule has 0 aliphatic carbocycles. The summed E-state index contributed by atoms with van der Waals surface area (Å²) >= 11 is 6.35. The summed E-state index contributed by atoms with van der Waals surface area (Å²) < 4.78 is 5.07. The Morgan fingerprint density at radius 3 is 2.18 bits per heavy atom. The Balaban J connectivity index is 1.94. The zero-order chi connectivity index (χ0) is 23.4. The van der Waals surface area contributed by atoms with Crippen LogP contribution in [-0.2, 0) is 14.3 Å². The molecule has 168 valence electrons. The molecule has 3 aromatic rings. The number of benzene rings is 3. The average Bonchev–Trinajstić information content (AvgIpc) is 2.90. The van der Waals surface area contributed by atoms with Gasteiger partial charge in [0.25, 0.3) is 11.8 Å². The summed E-state index contributed by atoms with van der Waals surface area (Å²) in [6.07, 6.45) is 1.47. The molecule has 33 heavy (non-hydrogen) atoms. The molecule has 0 fully saturated rings. The molecule has 0 bridgehead atoms. The normalized spacial score (nSPS) is 14.9. The number of carbonyl (C=O) groups is 2. The second-order valence-corrected chi connectivity index (χ2v) is 8.03. The number of halogens is 1. The van der Waals surface area contributed by atoms with E-state index in [1.807, 2.05) is 61.5 Å². The molecule has 0 saturated heterocycles. The summed E-state index contributed by atoms with van der Waals surface area (Å²) in [6.45, 7) is 2.87. The molecule has 7 heteroatoms. The summed E-state index contributed by atoms with van der Waals surface area (Å²) in [5, 5.41) is 3.49. The molecule has 0 saturated carbocycles. The van der Waals surface area contributed by atoms with E-state index in [2.05, 4.69) is 5.32 Å². The van der Waals surface area contributed by atoms with Gasteiger partial charge in [-0.05, 0) is 49.4 Å². The van der Waals surface area contributed by atoms with Gasteiger partial charge < -0.3 is 10.1 Å². The van der Waals surface area contributed by atoms with Gasteiger partial charge in [0.2, 0.25) is 0 Å². The summed E-state index contributed by atoms with van der Waals surface area (Å²) in [5.41, 5.74) is 3.44. The molecule has 3 aromatic carbocycles. The lowest BCUT2D eigenvalue weighted by Gasteiger charge is -2.25. The molecule has 0 radical (unpaired) electrons. The van der Waals surface area contributed by atoms with E-state index in [4.69, 9.17) is 16.3 Å². The fraction of sp³-hybridized carbons (Fsp3) is 0.154. The smallest absolute Gasteiger partial charge is 0.270 e. The van der Waals surface area contributed by atoms with Gasteiger partial charge in [-0.2, -0.15) is 0 Å². The van der Waals surface area contributed by atoms with Gasteiger partial charge in [0.1, 0.15) is 5.57 Å². The first-order valence-electron chi connectivity index (χ1n) is 10.5. The third kappa shape index (κ3) is 4.62. The number of amides is 2. The SMILES string of the molecule is COCCN/C=C1\C(=O)N(c2ccc(C)cc2)c2ccc(Cl)cc2N(c2ccccc2)C1=O. The maximum absolute atomic E-state index is 13.8. The number of aryl methyl sites for hydroxylation is 1. The van der Waals surface area contributed by atoms with Gasteiger partial charge in [-0.15, -0.1) is 0 Å². The van der Waals surface area contributed by atoms with Crippen LogP contribution in [0.15, 0.2) is 84.6 Å². The number of nitrogens with one attached hydrogen (secondary N) is 1. The average molecular weight is 462 g/mol. The maximum atomic E-state index is 13.8. The van der Waals surface area contributed by atoms with Crippen LogP contribution in [0, 0.1) is 6.92 Å². The van der Waals surface area contributed by atoms with E-state index in [9.17, 15) is 9.59 Å². The molecular weight excluding hydrogens is 438 g/mol. The minimum absolute atomic E-state index is 0.00264. The number of rotatable bonds is 6. The zero-order valence-electron chi connectivity index (χ0n) is 18.4. The largest absolute Gasteiger partial charge is 0.388 e. The number of nitrogens with zero attached hydrogens (tertiary/aromatic N) is 2. The van der Waals surface area contributed by atoms with E-state index >= 15 is 0 Å². The van der Waals surface area contributed by atoms with Crippen molar-refractivity contribution >= 4 is 46.2 Å². The number of carbonyl (C=O) groups excluding carboxylic acids is 2. The Bertz CT molecular complexity index is 1190. The van der Waals surface area contributed by atoms with Crippen molar-refractivity contribution in [1.82, 2.24) is 5.32 Å². The molecule has 0 spiro atoms. The second kappa shape index (κ2) is 9.90. The summed E-state index contributed by atoms with van der Waals surface area (Å²) in [5.74, 6) is -0.884. The lowest BCUT2D eigenvalue weighted by atomic mass is 10.1. The van der Waals surface area contributed by atoms with E-state index < -0.39 is 11.8 Å². The van der Waals surface area contributed by atoms with Crippen LogP contribution < -0.4 is 15.1 Å². The topological polar surface area (TPSA) is 61.9 Å². The molecule has 6 nitrogen and oxygen atoms in total. The van der Waals surface area contributed by atoms with Crippen molar-refractivity contribution in [3.05, 3.63) is 95.2 Å². The summed E-state index contributed by atoms with van der Waals surface area (Å²) in [6, 6.07) is 22.0. The number of ether oxygens (including phenoxy) is 1. The van der Waals surface area contributed by atoms with Gasteiger partial charge in [0.15, 0.2) is 0 Å². The predicted molar refractivity (Wildman–Crippen MR) is 131 cm³/mol. The van der Waals surface area contributed by atoms with Crippen LogP contribution in [0.2, 0.25) is 5.02 Å². The first-order chi connectivity index (χ1) is 16.0. The third-order valence-electron chi connectivity index (χ3n) is 5.29. The van der Waals surface area contributed by atoms with E-state index in [0.29, 0.717) is 40.9 Å². The maximum Gasteiger partial charge on any atom is 0.270 e. The lowest BCUT2D eigenvalue weighted by Crippen LogP contribution is -2.33. The minimum atomic E-state index is -0.450. The number of fused-ring (bicyclic) bond motifs is 1. The molecule has 1 N–H and O–H groups in total. The molecule has 0 unspecified atom stereocenters. The summed E-state index contributed by atoms with van der Waals surface area (Å²) in [4.78, 5) is 30.7. The molecule has 0 atom stereocenters. The highest BCUT2D eigenvalue weighted by Gasteiger charge is 2.37. The second-order valence-electron chi connectivity index (χ2n) is 7.59. The van der Waals surface area contributed by atoms with Crippen LogP contribution in [0.25, 0.3) is 0 Å². The van der Waals surface area contributed by atoms with E-state index in [1.54, 1.807) is 30.2 Å². The van der Waals surface area contributed by atoms with Gasteiger partial charge >= 0.3 is 0 Å². The lowest BCUT2D eigenvalue weighted by molar-refractivity contribution is -0.120. The van der Waals surface area contributed by atoms with E-state index in [0.717, 1.165) is 5.56 Å². The highest BCUT2D eigenvalue weighted by molar-refractivity contribution is 6.35. The molecule has 0 aromatic heterocycles. The Kier molecular flexibility index (Phi) is 6.77. The van der Waals surface area contributed by atoms with Crippen molar-refractivity contribution in [2.75, 3.05) is 30.1 Å². The van der Waals surface area contributed by atoms with Gasteiger partial charge in [-0.3, -0.25) is 19.4 Å². The van der Waals surface area contributed by atoms with Crippen molar-refractivity contribution in [3.63, 3.8) is 0 Å². The highest BCUT2D eigenvalue weighted by Crippen LogP contribution is 2.43. The van der Waals surface area contributed by atoms with Gasteiger partial charge in [-0.1, -0.05) is 47.5 Å². The van der Waals surface area contributed by atoms with Gasteiger partial charge in [0, 0.05) is 36.3 Å². The zero-order valence-corrected chi connectivity index (χ0v) is 19.2. The van der Waals surface area contributed by atoms with Crippen molar-refractivity contribution < 1.29 is 14.3 Å². The predicted octanol–water partition coefficient (Wildman–Crippen LogP) is 5.11. The number of hydrogen-bond acceptors (Lipinski definition) is 4. The quantitative estimate of drug-likeness (QED) is 0.315. The van der Waals surface area contributed by atoms with Crippen molar-refractivity contribution in [2.24, 2.45) is 0 Å². The fourth-order valence-corrected chi connectivity index (χ4v) is 3.82. The third-order valence-corrected chi connectivity index (χ3v) is 5.52. The molecule has 4 rings (SSSR count). The number of para-hydroxylation sites is 1. The van der Waals surface area contributed by atoms with Crippen LogP contribution in [0.4, 0.5) is 22.7 Å². The van der Waals surface area contributed by atoms with Crippen molar-refractivity contribution in [1.29, 1.82) is 0 Å². The number of methoxy groups -OCH3 is 1. The molecule has 1 aliphatic heterocycles. The van der Waals surface area contributed by atoms with Crippen LogP contribution in [-0.4, -0.2) is 32.1 Å². The highest BCUT2D eigenvalue weighted by atomic mass is 35.5. The van der Waals surface area contributed by atoms with Gasteiger partial charge in [-0.25, -0.2) is 0 Å². The molecular formula is C26H24ClN3O3. The van der Waals surface area contributed by atoms with Crippen molar-refractivity contribution in [3.8, 4) is 0 Å². The summed E-state index contributed by atoms with van der Waals surface area (Å²) in [7, 11) is 1.59. The fourth-order valence-electron chi connectivity index (χ4n) is 3.66. The Morgan fingerprint density at radius 2 is 1.52 bits per heavy atom. The minimum Gasteiger partial charge on any atom is -0.388 e. The van der Waals surface area contributed by atoms with E-state index in [-0.39, 0.29) is 5.57 Å². The van der Waals surface area contributed by atoms with E-state index in [1.165, 1.54) is 11.1 Å². The first-order valence-corrected chi connectivity index (χ1v) is 10.9. The molecule has 1 aliphatic rings. The van der Waals surface area contributed by atoms with Crippen LogP contribution in [0.1, 0.15) is 5.56 Å². The first kappa shape index (κ1) is 22.6. The number of hydrogen-bond donors (Lipinski definition) is 1. The standard InChI is InChI=1S/C26H24ClN3O3/c1-18-8-11-21(12-9-18)29-23-13-10-19(27)16-24(23)30(20-6-4-3-5-7-20)26(32)22(25(29)31)17-28-14-15-33-2/h3-13,16-17,28H,14-15H2,1-2H3/b22-17+. The monoisotopic (exact) mass is 461 g/mol. The van der Waals surface area contributed by atoms with Gasteiger partial charge in [0.05, 0.1) is 18.0 Å². The molecule has 1 heterocycles. The Morgan fingerprint density at radius 1 is 0.879 bits per heavy atom. The number of anilines is 4. The molecule has 2 amide bonds. The van der Waals surface area contributed by atoms with Crippen molar-refractivity contribution in [2.45, 2.75) is 6.92 Å². The van der Waals surface area contributed by atoms with Crippen LogP contribution >= 0.6 is 11.6 Å². The van der Waals surface area contributed by atoms with Crippen LogP contribution in [0.3, 0.4) is 0 Å². The van der Waals surface area contributed by atoms with Crippen LogP contribution in [0.5, 0.6) is 0 Å². The Hall–Kier alpha value is -3.61. The Labute approximate surface area is 198 Å².